The SMILES string of the molecule is CC(C)NC(=O)CNC(=O)CSc1nnc2c(n1)[nH]c1ccccc12. The van der Waals surface area contributed by atoms with Crippen LogP contribution in [0.2, 0.25) is 0 Å². The Morgan fingerprint density at radius 2 is 2.00 bits per heavy atom. The van der Waals surface area contributed by atoms with Gasteiger partial charge < -0.3 is 15.6 Å². The van der Waals surface area contributed by atoms with Crippen LogP contribution in [-0.2, 0) is 9.59 Å². The normalized spacial score (nSPS) is 11.2. The van der Waals surface area contributed by atoms with Gasteiger partial charge in [-0.05, 0) is 19.9 Å². The van der Waals surface area contributed by atoms with Crippen LogP contribution in [0.25, 0.3) is 22.1 Å². The molecule has 0 aliphatic rings. The number of rotatable bonds is 6. The fourth-order valence-electron chi connectivity index (χ4n) is 2.30. The third-order valence-electron chi connectivity index (χ3n) is 3.33. The Bertz CT molecular complexity index is 923. The minimum absolute atomic E-state index is 0.0429. The van der Waals surface area contributed by atoms with E-state index in [0.717, 1.165) is 10.9 Å². The second-order valence-electron chi connectivity index (χ2n) is 5.75. The van der Waals surface area contributed by atoms with Gasteiger partial charge in [-0.15, -0.1) is 10.2 Å². The van der Waals surface area contributed by atoms with Crippen LogP contribution in [0.4, 0.5) is 0 Å². The highest BCUT2D eigenvalue weighted by Gasteiger charge is 2.11. The molecule has 0 aliphatic heterocycles. The van der Waals surface area contributed by atoms with Crippen molar-refractivity contribution in [2.45, 2.75) is 25.0 Å². The number of fused-ring (bicyclic) bond motifs is 3. The summed E-state index contributed by atoms with van der Waals surface area (Å²) in [6.07, 6.45) is 0. The largest absolute Gasteiger partial charge is 0.352 e. The molecule has 9 heteroatoms. The first-order valence-corrected chi connectivity index (χ1v) is 8.81. The quantitative estimate of drug-likeness (QED) is 0.572. The molecule has 0 atom stereocenters. The summed E-state index contributed by atoms with van der Waals surface area (Å²) < 4.78 is 0. The van der Waals surface area contributed by atoms with Crippen molar-refractivity contribution >= 4 is 45.6 Å². The molecule has 0 saturated heterocycles. The average molecular weight is 358 g/mol. The molecule has 0 saturated carbocycles. The number of aromatic amines is 1. The van der Waals surface area contributed by atoms with Crippen LogP contribution < -0.4 is 10.6 Å². The first kappa shape index (κ1) is 17.2. The number of nitrogens with zero attached hydrogens (tertiary/aromatic N) is 3. The van der Waals surface area contributed by atoms with Crippen LogP contribution in [0.3, 0.4) is 0 Å². The molecular formula is C16H18N6O2S. The molecule has 0 radical (unpaired) electrons. The van der Waals surface area contributed by atoms with Crippen LogP contribution in [0.1, 0.15) is 13.8 Å². The predicted molar refractivity (Wildman–Crippen MR) is 96.2 cm³/mol. The maximum atomic E-state index is 11.8. The number of amides is 2. The van der Waals surface area contributed by atoms with E-state index in [0.29, 0.717) is 16.3 Å². The fraction of sp³-hybridized carbons (Fsp3) is 0.312. The summed E-state index contributed by atoms with van der Waals surface area (Å²) in [7, 11) is 0. The summed E-state index contributed by atoms with van der Waals surface area (Å²) >= 11 is 1.17. The molecule has 25 heavy (non-hydrogen) atoms. The smallest absolute Gasteiger partial charge is 0.239 e. The minimum atomic E-state index is -0.260. The third-order valence-corrected chi connectivity index (χ3v) is 4.17. The molecule has 0 bridgehead atoms. The topological polar surface area (TPSA) is 113 Å². The molecule has 2 aromatic heterocycles. The summed E-state index contributed by atoms with van der Waals surface area (Å²) in [5, 5.41) is 14.9. The van der Waals surface area contributed by atoms with Gasteiger partial charge >= 0.3 is 0 Å². The Hall–Kier alpha value is -2.68. The molecule has 3 aromatic rings. The first-order chi connectivity index (χ1) is 12.0. The zero-order valence-corrected chi connectivity index (χ0v) is 14.7. The molecule has 2 heterocycles. The Balaban J connectivity index is 1.58. The number of hydrogen-bond donors (Lipinski definition) is 3. The Morgan fingerprint density at radius 3 is 2.80 bits per heavy atom. The number of thioether (sulfide) groups is 1. The lowest BCUT2D eigenvalue weighted by Gasteiger charge is -2.08. The molecule has 0 unspecified atom stereocenters. The summed E-state index contributed by atoms with van der Waals surface area (Å²) in [5.74, 6) is -0.363. The lowest BCUT2D eigenvalue weighted by atomic mass is 10.2. The monoisotopic (exact) mass is 358 g/mol. The van der Waals surface area contributed by atoms with Gasteiger partial charge in [-0.25, -0.2) is 4.98 Å². The van der Waals surface area contributed by atoms with E-state index in [1.54, 1.807) is 0 Å². The molecule has 2 amide bonds. The number of aromatic nitrogens is 4. The highest BCUT2D eigenvalue weighted by Crippen LogP contribution is 2.22. The van der Waals surface area contributed by atoms with Gasteiger partial charge in [-0.3, -0.25) is 9.59 Å². The number of benzene rings is 1. The van der Waals surface area contributed by atoms with Crippen molar-refractivity contribution in [2.75, 3.05) is 12.3 Å². The minimum Gasteiger partial charge on any atom is -0.352 e. The van der Waals surface area contributed by atoms with Gasteiger partial charge in [0.15, 0.2) is 5.65 Å². The number of H-pyrrole nitrogens is 1. The van der Waals surface area contributed by atoms with Crippen molar-refractivity contribution in [3.8, 4) is 0 Å². The van der Waals surface area contributed by atoms with Gasteiger partial charge in [0.05, 0.1) is 12.3 Å². The van der Waals surface area contributed by atoms with Crippen molar-refractivity contribution in [2.24, 2.45) is 0 Å². The second-order valence-corrected chi connectivity index (χ2v) is 6.69. The van der Waals surface area contributed by atoms with Gasteiger partial charge in [0, 0.05) is 16.9 Å². The zero-order chi connectivity index (χ0) is 17.8. The van der Waals surface area contributed by atoms with E-state index < -0.39 is 0 Å². The van der Waals surface area contributed by atoms with Crippen molar-refractivity contribution in [1.82, 2.24) is 30.8 Å². The van der Waals surface area contributed by atoms with Crippen molar-refractivity contribution in [3.05, 3.63) is 24.3 Å². The number of carbonyl (C=O) groups is 2. The van der Waals surface area contributed by atoms with E-state index in [9.17, 15) is 9.59 Å². The average Bonchev–Trinajstić information content (AvgIpc) is 2.95. The van der Waals surface area contributed by atoms with Crippen LogP contribution in [-0.4, -0.2) is 50.3 Å². The van der Waals surface area contributed by atoms with Gasteiger partial charge in [0.2, 0.25) is 17.0 Å². The molecule has 3 N–H and O–H groups in total. The molecule has 0 aliphatic carbocycles. The fourth-order valence-corrected chi connectivity index (χ4v) is 2.92. The van der Waals surface area contributed by atoms with Crippen molar-refractivity contribution in [3.63, 3.8) is 0 Å². The number of carbonyl (C=O) groups excluding carboxylic acids is 2. The maximum Gasteiger partial charge on any atom is 0.239 e. The molecule has 1 aromatic carbocycles. The van der Waals surface area contributed by atoms with Crippen LogP contribution in [0.5, 0.6) is 0 Å². The van der Waals surface area contributed by atoms with E-state index in [4.69, 9.17) is 0 Å². The lowest BCUT2D eigenvalue weighted by molar-refractivity contribution is -0.125. The standard InChI is InChI=1S/C16H18N6O2S/c1-9(2)18-12(23)7-17-13(24)8-25-16-20-15-14(21-22-16)10-5-3-4-6-11(10)19-15/h3-6,9H,7-8H2,1-2H3,(H,17,24)(H,18,23)(H,19,20,22). The molecule has 0 spiro atoms. The molecule has 3 rings (SSSR count). The summed E-state index contributed by atoms with van der Waals surface area (Å²) in [6, 6.07) is 7.80. The van der Waals surface area contributed by atoms with Crippen LogP contribution in [0, 0.1) is 0 Å². The molecule has 130 valence electrons. The van der Waals surface area contributed by atoms with E-state index in [2.05, 4.69) is 30.8 Å². The van der Waals surface area contributed by atoms with Crippen molar-refractivity contribution in [1.29, 1.82) is 0 Å². The van der Waals surface area contributed by atoms with Gasteiger partial charge in [-0.1, -0.05) is 30.0 Å². The molecule has 8 nitrogen and oxygen atoms in total. The van der Waals surface area contributed by atoms with Crippen LogP contribution >= 0.6 is 11.8 Å². The lowest BCUT2D eigenvalue weighted by Crippen LogP contribution is -2.40. The first-order valence-electron chi connectivity index (χ1n) is 7.83. The number of hydrogen-bond acceptors (Lipinski definition) is 6. The summed E-state index contributed by atoms with van der Waals surface area (Å²) in [5.41, 5.74) is 2.28. The summed E-state index contributed by atoms with van der Waals surface area (Å²) in [4.78, 5) is 30.9. The molecule has 0 fully saturated rings. The maximum absolute atomic E-state index is 11.8. The zero-order valence-electron chi connectivity index (χ0n) is 13.9. The Morgan fingerprint density at radius 1 is 1.20 bits per heavy atom. The van der Waals surface area contributed by atoms with Gasteiger partial charge in [0.25, 0.3) is 0 Å². The van der Waals surface area contributed by atoms with E-state index in [1.807, 2.05) is 38.1 Å². The van der Waals surface area contributed by atoms with Crippen LogP contribution in [0.15, 0.2) is 29.4 Å². The highest BCUT2D eigenvalue weighted by molar-refractivity contribution is 7.99. The predicted octanol–water partition coefficient (Wildman–Crippen LogP) is 1.24. The second kappa shape index (κ2) is 7.47. The third kappa shape index (κ3) is 4.24. The van der Waals surface area contributed by atoms with Gasteiger partial charge in [-0.2, -0.15) is 0 Å². The highest BCUT2D eigenvalue weighted by atomic mass is 32.2. The number of para-hydroxylation sites is 1. The van der Waals surface area contributed by atoms with E-state index in [1.165, 1.54) is 11.8 Å². The summed E-state index contributed by atoms with van der Waals surface area (Å²) in [6.45, 7) is 3.68. The Labute approximate surface area is 148 Å². The molecular weight excluding hydrogens is 340 g/mol. The van der Waals surface area contributed by atoms with Crippen molar-refractivity contribution < 1.29 is 9.59 Å². The van der Waals surface area contributed by atoms with Gasteiger partial charge in [0.1, 0.15) is 5.52 Å². The van der Waals surface area contributed by atoms with E-state index >= 15 is 0 Å². The van der Waals surface area contributed by atoms with E-state index in [-0.39, 0.29) is 30.2 Å². The number of nitrogens with one attached hydrogen (secondary N) is 3. The Kier molecular flexibility index (Phi) is 5.13.